The van der Waals surface area contributed by atoms with Crippen LogP contribution in [0.15, 0.2) is 36.4 Å². The van der Waals surface area contributed by atoms with Crippen molar-refractivity contribution in [1.29, 1.82) is 0 Å². The molecule has 1 amide bonds. The van der Waals surface area contributed by atoms with E-state index in [0.717, 1.165) is 16.8 Å². The molecular formula is C18H16ClFN4O. The van der Waals surface area contributed by atoms with Crippen molar-refractivity contribution in [3.8, 4) is 5.69 Å². The predicted molar refractivity (Wildman–Crippen MR) is 94.9 cm³/mol. The van der Waals surface area contributed by atoms with Gasteiger partial charge in [-0.1, -0.05) is 29.3 Å². The summed E-state index contributed by atoms with van der Waals surface area (Å²) >= 11 is 5.84. The van der Waals surface area contributed by atoms with E-state index < -0.39 is 11.7 Å². The van der Waals surface area contributed by atoms with Gasteiger partial charge < -0.3 is 5.32 Å². The number of aryl methyl sites for hydroxylation is 3. The lowest BCUT2D eigenvalue weighted by Crippen LogP contribution is -2.15. The number of carbonyl (C=O) groups excluding carboxylic acids is 1. The molecule has 3 rings (SSSR count). The zero-order chi connectivity index (χ0) is 18.1. The zero-order valence-corrected chi connectivity index (χ0v) is 14.7. The number of anilines is 1. The van der Waals surface area contributed by atoms with E-state index in [4.69, 9.17) is 11.6 Å². The maximum absolute atomic E-state index is 13.8. The Bertz CT molecular complexity index is 968. The first-order valence-corrected chi connectivity index (χ1v) is 8.01. The Morgan fingerprint density at radius 1 is 1.12 bits per heavy atom. The molecule has 0 bridgehead atoms. The summed E-state index contributed by atoms with van der Waals surface area (Å²) in [5, 5.41) is 11.4. The first kappa shape index (κ1) is 17.1. The monoisotopic (exact) mass is 358 g/mol. The number of rotatable bonds is 3. The van der Waals surface area contributed by atoms with Gasteiger partial charge in [-0.3, -0.25) is 4.79 Å². The summed E-state index contributed by atoms with van der Waals surface area (Å²) in [5.74, 6) is -1.12. The van der Waals surface area contributed by atoms with E-state index in [9.17, 15) is 9.18 Å². The second-order valence-corrected chi connectivity index (χ2v) is 6.23. The fourth-order valence-electron chi connectivity index (χ4n) is 2.50. The third-order valence-corrected chi connectivity index (χ3v) is 3.98. The molecule has 0 unspecified atom stereocenters. The molecule has 0 radical (unpaired) electrons. The van der Waals surface area contributed by atoms with Gasteiger partial charge in [-0.25, -0.2) is 4.39 Å². The molecule has 0 fully saturated rings. The van der Waals surface area contributed by atoms with Crippen LogP contribution in [-0.4, -0.2) is 20.9 Å². The molecule has 0 aliphatic rings. The largest absolute Gasteiger partial charge is 0.318 e. The molecular weight excluding hydrogens is 343 g/mol. The average molecular weight is 359 g/mol. The molecule has 1 heterocycles. The highest BCUT2D eigenvalue weighted by Gasteiger charge is 2.18. The highest BCUT2D eigenvalue weighted by atomic mass is 35.5. The quantitative estimate of drug-likeness (QED) is 0.761. The molecule has 7 heteroatoms. The number of benzene rings is 2. The van der Waals surface area contributed by atoms with Crippen molar-refractivity contribution in [2.75, 3.05) is 5.32 Å². The van der Waals surface area contributed by atoms with Crippen LogP contribution in [0.3, 0.4) is 0 Å². The predicted octanol–water partition coefficient (Wildman–Crippen LogP) is 4.24. The van der Waals surface area contributed by atoms with Crippen molar-refractivity contribution >= 4 is 23.2 Å². The maximum Gasteiger partial charge on any atom is 0.278 e. The molecule has 0 saturated heterocycles. The highest BCUT2D eigenvalue weighted by molar-refractivity contribution is 6.31. The molecule has 1 aromatic heterocycles. The lowest BCUT2D eigenvalue weighted by atomic mass is 10.1. The number of nitrogens with zero attached hydrogens (tertiary/aromatic N) is 3. The Kier molecular flexibility index (Phi) is 4.55. The van der Waals surface area contributed by atoms with E-state index in [1.807, 2.05) is 32.0 Å². The first-order chi connectivity index (χ1) is 11.8. The van der Waals surface area contributed by atoms with Gasteiger partial charge in [0.15, 0.2) is 5.69 Å². The number of carbonyl (C=O) groups is 1. The lowest BCUT2D eigenvalue weighted by Gasteiger charge is -2.06. The van der Waals surface area contributed by atoms with Crippen molar-refractivity contribution in [2.45, 2.75) is 20.8 Å². The fraction of sp³-hybridized carbons (Fsp3) is 0.167. The number of hydrogen-bond donors (Lipinski definition) is 1. The average Bonchev–Trinajstić information content (AvgIpc) is 2.92. The Labute approximate surface area is 149 Å². The van der Waals surface area contributed by atoms with Gasteiger partial charge in [-0.2, -0.15) is 9.90 Å². The van der Waals surface area contributed by atoms with Crippen LogP contribution in [0.5, 0.6) is 0 Å². The summed E-state index contributed by atoms with van der Waals surface area (Å²) in [4.78, 5) is 13.9. The Hall–Kier alpha value is -2.73. The van der Waals surface area contributed by atoms with Crippen LogP contribution >= 0.6 is 11.6 Å². The first-order valence-electron chi connectivity index (χ1n) is 7.63. The SMILES string of the molecule is Cc1ccc(-n2nc(C)c(C(=O)Nc3cc(Cl)ccc3F)n2)c(C)c1. The van der Waals surface area contributed by atoms with Crippen molar-refractivity contribution in [3.63, 3.8) is 0 Å². The van der Waals surface area contributed by atoms with Gasteiger partial charge in [0.25, 0.3) is 5.91 Å². The van der Waals surface area contributed by atoms with E-state index in [2.05, 4.69) is 15.5 Å². The molecule has 3 aromatic rings. The molecule has 0 aliphatic carbocycles. The van der Waals surface area contributed by atoms with E-state index in [-0.39, 0.29) is 11.4 Å². The van der Waals surface area contributed by atoms with Gasteiger partial charge in [0.1, 0.15) is 5.82 Å². The Balaban J connectivity index is 1.92. The third-order valence-electron chi connectivity index (χ3n) is 3.74. The molecule has 0 saturated carbocycles. The van der Waals surface area contributed by atoms with Gasteiger partial charge in [-0.15, -0.1) is 5.10 Å². The second-order valence-electron chi connectivity index (χ2n) is 5.79. The molecule has 1 N–H and O–H groups in total. The molecule has 0 aliphatic heterocycles. The van der Waals surface area contributed by atoms with Crippen LogP contribution in [0.2, 0.25) is 5.02 Å². The van der Waals surface area contributed by atoms with Crippen LogP contribution in [0, 0.1) is 26.6 Å². The van der Waals surface area contributed by atoms with Crippen LogP contribution in [0.4, 0.5) is 10.1 Å². The number of aromatic nitrogens is 3. The minimum absolute atomic E-state index is 0.00188. The normalized spacial score (nSPS) is 10.8. The van der Waals surface area contributed by atoms with E-state index in [0.29, 0.717) is 10.7 Å². The molecule has 0 atom stereocenters. The van der Waals surface area contributed by atoms with Gasteiger partial charge >= 0.3 is 0 Å². The molecule has 5 nitrogen and oxygen atoms in total. The highest BCUT2D eigenvalue weighted by Crippen LogP contribution is 2.21. The summed E-state index contributed by atoms with van der Waals surface area (Å²) in [5.41, 5.74) is 3.46. The van der Waals surface area contributed by atoms with Gasteiger partial charge in [-0.05, 0) is 50.6 Å². The van der Waals surface area contributed by atoms with Crippen LogP contribution in [-0.2, 0) is 0 Å². The second kappa shape index (κ2) is 6.64. The third kappa shape index (κ3) is 3.53. The van der Waals surface area contributed by atoms with E-state index in [1.165, 1.54) is 23.0 Å². The minimum atomic E-state index is -0.572. The Morgan fingerprint density at radius 3 is 2.60 bits per heavy atom. The van der Waals surface area contributed by atoms with Crippen molar-refractivity contribution in [2.24, 2.45) is 0 Å². The number of nitrogens with one attached hydrogen (secondary N) is 1. The zero-order valence-electron chi connectivity index (χ0n) is 14.0. The summed E-state index contributed by atoms with van der Waals surface area (Å²) < 4.78 is 13.8. The number of amides is 1. The molecule has 0 spiro atoms. The van der Waals surface area contributed by atoms with Crippen LogP contribution in [0.25, 0.3) is 5.69 Å². The fourth-order valence-corrected chi connectivity index (χ4v) is 2.67. The van der Waals surface area contributed by atoms with Crippen LogP contribution < -0.4 is 5.32 Å². The summed E-state index contributed by atoms with van der Waals surface area (Å²) in [6.45, 7) is 5.62. The van der Waals surface area contributed by atoms with E-state index >= 15 is 0 Å². The lowest BCUT2D eigenvalue weighted by molar-refractivity contribution is 0.102. The van der Waals surface area contributed by atoms with Gasteiger partial charge in [0, 0.05) is 5.02 Å². The van der Waals surface area contributed by atoms with Crippen molar-refractivity contribution < 1.29 is 9.18 Å². The molecule has 128 valence electrons. The summed E-state index contributed by atoms with van der Waals surface area (Å²) in [6.07, 6.45) is 0. The van der Waals surface area contributed by atoms with Crippen molar-refractivity contribution in [1.82, 2.24) is 15.0 Å². The standard InChI is InChI=1S/C18H16ClFN4O/c1-10-4-7-16(11(2)8-10)24-22-12(3)17(23-24)18(25)21-15-9-13(19)5-6-14(15)20/h4-9H,1-3H3,(H,21,25). The summed E-state index contributed by atoms with van der Waals surface area (Å²) in [6, 6.07) is 9.80. The maximum atomic E-state index is 13.8. The van der Waals surface area contributed by atoms with Crippen LogP contribution in [0.1, 0.15) is 27.3 Å². The van der Waals surface area contributed by atoms with E-state index in [1.54, 1.807) is 6.92 Å². The minimum Gasteiger partial charge on any atom is -0.318 e. The molecule has 2 aromatic carbocycles. The number of hydrogen-bond acceptors (Lipinski definition) is 3. The smallest absolute Gasteiger partial charge is 0.278 e. The van der Waals surface area contributed by atoms with Gasteiger partial charge in [0.2, 0.25) is 0 Å². The topological polar surface area (TPSA) is 59.8 Å². The number of halogens is 2. The van der Waals surface area contributed by atoms with Gasteiger partial charge in [0.05, 0.1) is 17.1 Å². The Morgan fingerprint density at radius 2 is 1.88 bits per heavy atom. The molecule has 25 heavy (non-hydrogen) atoms. The van der Waals surface area contributed by atoms with Crippen molar-refractivity contribution in [3.05, 3.63) is 69.8 Å². The summed E-state index contributed by atoms with van der Waals surface area (Å²) in [7, 11) is 0.